The van der Waals surface area contributed by atoms with Crippen LogP contribution in [0.4, 0.5) is 8.78 Å². The minimum absolute atomic E-state index is 0.0730. The van der Waals surface area contributed by atoms with Crippen molar-refractivity contribution in [2.45, 2.75) is 0 Å². The molecule has 72 valence electrons. The van der Waals surface area contributed by atoms with Crippen molar-refractivity contribution >= 4 is 16.9 Å². The van der Waals surface area contributed by atoms with Gasteiger partial charge in [-0.25, -0.2) is 13.6 Å². The lowest BCUT2D eigenvalue weighted by atomic mass is 10.1. The van der Waals surface area contributed by atoms with E-state index in [1.807, 2.05) is 0 Å². The molecule has 1 aromatic heterocycles. The number of aromatic nitrogens is 1. The number of aromatic carboxylic acids is 1. The van der Waals surface area contributed by atoms with Crippen molar-refractivity contribution in [3.05, 3.63) is 35.5 Å². The molecule has 0 amide bonds. The molecule has 2 N–H and O–H groups in total. The molecule has 0 radical (unpaired) electrons. The largest absolute Gasteiger partial charge is 0.477 e. The van der Waals surface area contributed by atoms with Crippen molar-refractivity contribution in [1.82, 2.24) is 4.98 Å². The first-order valence-corrected chi connectivity index (χ1v) is 3.79. The number of nitrogens with one attached hydrogen (secondary N) is 1. The summed E-state index contributed by atoms with van der Waals surface area (Å²) in [7, 11) is 0. The number of carboxylic acids is 1. The van der Waals surface area contributed by atoms with Crippen molar-refractivity contribution in [3.8, 4) is 0 Å². The maximum Gasteiger partial charge on any atom is 0.341 e. The van der Waals surface area contributed by atoms with Gasteiger partial charge in [0.25, 0.3) is 0 Å². The topological polar surface area (TPSA) is 53.1 Å². The van der Waals surface area contributed by atoms with Crippen molar-refractivity contribution in [1.29, 1.82) is 0 Å². The first kappa shape index (κ1) is 8.68. The Bertz CT molecular complexity index is 519. The zero-order valence-corrected chi connectivity index (χ0v) is 6.84. The fourth-order valence-corrected chi connectivity index (χ4v) is 1.33. The Labute approximate surface area is 77.0 Å². The monoisotopic (exact) mass is 197 g/mol. The fraction of sp³-hybridized carbons (Fsp3) is 0. The number of hydrogen-bond acceptors (Lipinski definition) is 1. The molecule has 0 spiro atoms. The van der Waals surface area contributed by atoms with E-state index in [0.717, 1.165) is 6.07 Å². The molecule has 0 saturated heterocycles. The number of halogens is 2. The molecule has 0 aliphatic rings. The molecule has 0 saturated carbocycles. The number of fused-ring (bicyclic) bond motifs is 1. The lowest BCUT2D eigenvalue weighted by Crippen LogP contribution is -2.04. The summed E-state index contributed by atoms with van der Waals surface area (Å²) in [6.45, 7) is 0. The molecule has 0 bridgehead atoms. The Morgan fingerprint density at radius 1 is 1.43 bits per heavy atom. The number of carbonyl (C=O) groups is 1. The van der Waals surface area contributed by atoms with Gasteiger partial charge in [-0.3, -0.25) is 0 Å². The second kappa shape index (κ2) is 2.80. The normalized spacial score (nSPS) is 10.7. The molecule has 14 heavy (non-hydrogen) atoms. The minimum atomic E-state index is -1.61. The van der Waals surface area contributed by atoms with Crippen LogP contribution >= 0.6 is 0 Å². The number of H-pyrrole nitrogens is 1. The first-order valence-electron chi connectivity index (χ1n) is 3.79. The van der Waals surface area contributed by atoms with Gasteiger partial charge in [-0.15, -0.1) is 0 Å². The van der Waals surface area contributed by atoms with E-state index in [-0.39, 0.29) is 10.9 Å². The molecule has 0 aliphatic carbocycles. The van der Waals surface area contributed by atoms with Gasteiger partial charge >= 0.3 is 5.97 Å². The van der Waals surface area contributed by atoms with Crippen LogP contribution in [0, 0.1) is 11.6 Å². The van der Waals surface area contributed by atoms with Gasteiger partial charge in [-0.2, -0.15) is 0 Å². The van der Waals surface area contributed by atoms with Crippen molar-refractivity contribution < 1.29 is 18.7 Å². The second-order valence-electron chi connectivity index (χ2n) is 2.79. The maximum atomic E-state index is 13.4. The molecular weight excluding hydrogens is 192 g/mol. The molecule has 5 heteroatoms. The molecule has 2 aromatic rings. The van der Waals surface area contributed by atoms with Gasteiger partial charge in [-0.05, 0) is 12.1 Å². The Morgan fingerprint density at radius 3 is 2.79 bits per heavy atom. The van der Waals surface area contributed by atoms with Gasteiger partial charge in [0.2, 0.25) is 0 Å². The summed E-state index contributed by atoms with van der Waals surface area (Å²) in [6, 6.07) is 2.32. The third-order valence-electron chi connectivity index (χ3n) is 1.96. The van der Waals surface area contributed by atoms with Gasteiger partial charge in [-0.1, -0.05) is 0 Å². The summed E-state index contributed by atoms with van der Waals surface area (Å²) < 4.78 is 26.4. The molecule has 2 rings (SSSR count). The van der Waals surface area contributed by atoms with Crippen LogP contribution in [0.5, 0.6) is 0 Å². The zero-order chi connectivity index (χ0) is 10.3. The highest BCUT2D eigenvalue weighted by atomic mass is 19.1. The highest BCUT2D eigenvalue weighted by Crippen LogP contribution is 2.22. The summed E-state index contributed by atoms with van der Waals surface area (Å²) >= 11 is 0. The highest BCUT2D eigenvalue weighted by molar-refractivity contribution is 5.94. The average molecular weight is 197 g/mol. The summed E-state index contributed by atoms with van der Waals surface area (Å²) in [5.41, 5.74) is -0.679. The summed E-state index contributed by atoms with van der Waals surface area (Å²) in [5.74, 6) is -3.73. The van der Waals surface area contributed by atoms with E-state index in [4.69, 9.17) is 5.11 Å². The summed E-state index contributed by atoms with van der Waals surface area (Å²) in [6.07, 6.45) is 1.42. The average Bonchev–Trinajstić information content (AvgIpc) is 2.50. The highest BCUT2D eigenvalue weighted by Gasteiger charge is 2.19. The van der Waals surface area contributed by atoms with Crippen LogP contribution in [0.25, 0.3) is 10.9 Å². The Balaban J connectivity index is 2.89. The second-order valence-corrected chi connectivity index (χ2v) is 2.79. The van der Waals surface area contributed by atoms with Crippen molar-refractivity contribution in [2.75, 3.05) is 0 Å². The quantitative estimate of drug-likeness (QED) is 0.735. The predicted molar refractivity (Wildman–Crippen MR) is 45.2 cm³/mol. The Morgan fingerprint density at radius 2 is 2.14 bits per heavy atom. The van der Waals surface area contributed by atoms with E-state index in [1.165, 1.54) is 12.3 Å². The lowest BCUT2D eigenvalue weighted by molar-refractivity contribution is 0.0687. The zero-order valence-electron chi connectivity index (χ0n) is 6.84. The van der Waals surface area contributed by atoms with E-state index in [1.54, 1.807) is 0 Å². The van der Waals surface area contributed by atoms with Crippen LogP contribution in [-0.2, 0) is 0 Å². The molecule has 3 nitrogen and oxygen atoms in total. The summed E-state index contributed by atoms with van der Waals surface area (Å²) in [5, 5.41) is 8.63. The molecule has 1 heterocycles. The predicted octanol–water partition coefficient (Wildman–Crippen LogP) is 2.14. The Hall–Kier alpha value is -1.91. The standard InChI is InChI=1S/C9H5F2NO2/c10-5-3-6-4(1-2-12-6)8(11)7(5)9(13)14/h1-3,12H,(H,13,14). The molecule has 0 fully saturated rings. The molecule has 0 unspecified atom stereocenters. The summed E-state index contributed by atoms with van der Waals surface area (Å²) in [4.78, 5) is 13.1. The van der Waals surface area contributed by atoms with E-state index in [2.05, 4.69) is 4.98 Å². The minimum Gasteiger partial charge on any atom is -0.477 e. The van der Waals surface area contributed by atoms with Crippen LogP contribution < -0.4 is 0 Å². The van der Waals surface area contributed by atoms with Crippen molar-refractivity contribution in [3.63, 3.8) is 0 Å². The van der Waals surface area contributed by atoms with E-state index in [9.17, 15) is 13.6 Å². The third-order valence-corrected chi connectivity index (χ3v) is 1.96. The van der Waals surface area contributed by atoms with Gasteiger partial charge in [0.05, 0.1) is 5.52 Å². The third kappa shape index (κ3) is 1.06. The SMILES string of the molecule is O=C(O)c1c(F)cc2[nH]ccc2c1F. The maximum absolute atomic E-state index is 13.4. The van der Waals surface area contributed by atoms with Crippen LogP contribution in [0.3, 0.4) is 0 Å². The number of aromatic amines is 1. The van der Waals surface area contributed by atoms with Crippen LogP contribution in [0.15, 0.2) is 18.3 Å². The molecule has 0 atom stereocenters. The smallest absolute Gasteiger partial charge is 0.341 e. The number of hydrogen-bond donors (Lipinski definition) is 2. The van der Waals surface area contributed by atoms with E-state index in [0.29, 0.717) is 0 Å². The molecular formula is C9H5F2NO2. The van der Waals surface area contributed by atoms with Crippen LogP contribution in [0.1, 0.15) is 10.4 Å². The van der Waals surface area contributed by atoms with E-state index >= 15 is 0 Å². The molecule has 1 aromatic carbocycles. The van der Waals surface area contributed by atoms with Gasteiger partial charge in [0.15, 0.2) is 0 Å². The van der Waals surface area contributed by atoms with E-state index < -0.39 is 23.2 Å². The fourth-order valence-electron chi connectivity index (χ4n) is 1.33. The number of carboxylic acid groups (broad SMARTS) is 1. The van der Waals surface area contributed by atoms with Crippen molar-refractivity contribution in [2.24, 2.45) is 0 Å². The van der Waals surface area contributed by atoms with Crippen LogP contribution in [-0.4, -0.2) is 16.1 Å². The lowest BCUT2D eigenvalue weighted by Gasteiger charge is -2.00. The number of benzene rings is 1. The van der Waals surface area contributed by atoms with Crippen LogP contribution in [0.2, 0.25) is 0 Å². The first-order chi connectivity index (χ1) is 6.61. The van der Waals surface area contributed by atoms with Gasteiger partial charge < -0.3 is 10.1 Å². The number of rotatable bonds is 1. The van der Waals surface area contributed by atoms with Gasteiger partial charge in [0, 0.05) is 11.6 Å². The Kier molecular flexibility index (Phi) is 1.73. The van der Waals surface area contributed by atoms with Gasteiger partial charge in [0.1, 0.15) is 17.2 Å². The molecule has 0 aliphatic heterocycles.